The number of aryl methyl sites for hydroxylation is 2. The second-order valence-electron chi connectivity index (χ2n) is 8.05. The summed E-state index contributed by atoms with van der Waals surface area (Å²) in [7, 11) is -3.91. The van der Waals surface area contributed by atoms with E-state index in [1.165, 1.54) is 11.1 Å². The molecule has 3 aromatic carbocycles. The van der Waals surface area contributed by atoms with E-state index in [1.807, 2.05) is 24.8 Å². The molecular weight excluding hydrogens is 532 g/mol. The molecule has 3 rings (SSSR count). The lowest BCUT2D eigenvalue weighted by atomic mass is 10.2. The zero-order valence-corrected chi connectivity index (χ0v) is 22.5. The van der Waals surface area contributed by atoms with Crippen LogP contribution in [-0.4, -0.2) is 33.2 Å². The van der Waals surface area contributed by atoms with Gasteiger partial charge in [0.1, 0.15) is 6.54 Å². The number of hydrogen-bond donors (Lipinski definition) is 1. The van der Waals surface area contributed by atoms with Crippen molar-refractivity contribution in [3.05, 3.63) is 94.0 Å². The number of carbonyl (C=O) groups is 1. The first kappa shape index (κ1) is 26.3. The molecule has 0 saturated heterocycles. The highest BCUT2D eigenvalue weighted by molar-refractivity contribution is 9.10. The Morgan fingerprint density at radius 1 is 0.971 bits per heavy atom. The number of carbonyl (C=O) groups excluding carboxylic acids is 1. The normalized spacial score (nSPS) is 11.3. The van der Waals surface area contributed by atoms with Crippen LogP contribution in [0.2, 0.25) is 0 Å². The Balaban J connectivity index is 1.59. The molecule has 180 valence electrons. The second kappa shape index (κ2) is 12.4. The van der Waals surface area contributed by atoms with Gasteiger partial charge < -0.3 is 5.32 Å². The van der Waals surface area contributed by atoms with Crippen molar-refractivity contribution >= 4 is 49.3 Å². The molecule has 0 fully saturated rings. The zero-order valence-electron chi connectivity index (χ0n) is 19.3. The molecule has 34 heavy (non-hydrogen) atoms. The van der Waals surface area contributed by atoms with Crippen molar-refractivity contribution in [2.24, 2.45) is 0 Å². The van der Waals surface area contributed by atoms with Gasteiger partial charge in [0.25, 0.3) is 10.0 Å². The molecule has 8 heteroatoms. The highest BCUT2D eigenvalue weighted by Crippen LogP contribution is 2.26. The van der Waals surface area contributed by atoms with Crippen LogP contribution in [0.3, 0.4) is 0 Å². The number of benzene rings is 3. The number of rotatable bonds is 11. The molecule has 0 spiro atoms. The lowest BCUT2D eigenvalue weighted by molar-refractivity contribution is -0.119. The van der Waals surface area contributed by atoms with Gasteiger partial charge in [-0.2, -0.15) is 11.8 Å². The standard InChI is InChI=1S/C26H29BrN2O3S2/c1-20-10-12-25(13-11-20)34(31,32)29(24-9-4-8-23(27)17-24)18-26(30)28-14-5-15-33-19-22-7-3-6-21(2)16-22/h3-4,6-13,16-17H,5,14-15,18-19H2,1-2H3,(H,28,30). The summed E-state index contributed by atoms with van der Waals surface area (Å²) >= 11 is 5.21. The number of thioether (sulfide) groups is 1. The molecule has 1 amide bonds. The van der Waals surface area contributed by atoms with Gasteiger partial charge in [-0.25, -0.2) is 8.42 Å². The van der Waals surface area contributed by atoms with Gasteiger partial charge in [-0.15, -0.1) is 0 Å². The summed E-state index contributed by atoms with van der Waals surface area (Å²) in [6.45, 7) is 4.19. The minimum Gasteiger partial charge on any atom is -0.354 e. The van der Waals surface area contributed by atoms with Gasteiger partial charge in [0.2, 0.25) is 5.91 Å². The first-order chi connectivity index (χ1) is 16.3. The van der Waals surface area contributed by atoms with Crippen LogP contribution in [0.1, 0.15) is 23.1 Å². The predicted molar refractivity (Wildman–Crippen MR) is 145 cm³/mol. The van der Waals surface area contributed by atoms with Crippen LogP contribution < -0.4 is 9.62 Å². The van der Waals surface area contributed by atoms with E-state index in [4.69, 9.17) is 0 Å². The van der Waals surface area contributed by atoms with Crippen molar-refractivity contribution in [2.75, 3.05) is 23.1 Å². The van der Waals surface area contributed by atoms with Crippen LogP contribution >= 0.6 is 27.7 Å². The molecule has 0 radical (unpaired) electrons. The van der Waals surface area contributed by atoms with Crippen molar-refractivity contribution < 1.29 is 13.2 Å². The second-order valence-corrected chi connectivity index (χ2v) is 11.9. The maximum atomic E-state index is 13.4. The molecule has 0 aliphatic heterocycles. The highest BCUT2D eigenvalue weighted by atomic mass is 79.9. The SMILES string of the molecule is Cc1ccc(S(=O)(=O)N(CC(=O)NCCCSCc2cccc(C)c2)c2cccc(Br)c2)cc1. The number of amides is 1. The molecule has 3 aromatic rings. The molecule has 0 aliphatic rings. The highest BCUT2D eigenvalue weighted by Gasteiger charge is 2.27. The largest absolute Gasteiger partial charge is 0.354 e. The van der Waals surface area contributed by atoms with Crippen LogP contribution in [0.15, 0.2) is 82.2 Å². The van der Waals surface area contributed by atoms with Crippen LogP contribution in [0, 0.1) is 13.8 Å². The summed E-state index contributed by atoms with van der Waals surface area (Å²) in [4.78, 5) is 12.9. The maximum Gasteiger partial charge on any atom is 0.264 e. The van der Waals surface area contributed by atoms with Gasteiger partial charge in [-0.1, -0.05) is 69.5 Å². The minimum absolute atomic E-state index is 0.151. The van der Waals surface area contributed by atoms with Gasteiger partial charge >= 0.3 is 0 Å². The molecule has 0 heterocycles. The Kier molecular flexibility index (Phi) is 9.62. The monoisotopic (exact) mass is 560 g/mol. The third-order valence-corrected chi connectivity index (χ3v) is 8.53. The Morgan fingerprint density at radius 2 is 1.71 bits per heavy atom. The summed E-state index contributed by atoms with van der Waals surface area (Å²) in [5, 5.41) is 2.87. The quantitative estimate of drug-likeness (QED) is 0.305. The zero-order chi connectivity index (χ0) is 24.6. The number of hydrogen-bond acceptors (Lipinski definition) is 4. The Labute approximate surface area is 215 Å². The van der Waals surface area contributed by atoms with Crippen LogP contribution in [0.5, 0.6) is 0 Å². The lowest BCUT2D eigenvalue weighted by Crippen LogP contribution is -2.41. The van der Waals surface area contributed by atoms with E-state index in [-0.39, 0.29) is 17.3 Å². The van der Waals surface area contributed by atoms with E-state index in [1.54, 1.807) is 42.5 Å². The van der Waals surface area contributed by atoms with E-state index in [9.17, 15) is 13.2 Å². The van der Waals surface area contributed by atoms with Gasteiger partial charge in [0.15, 0.2) is 0 Å². The van der Waals surface area contributed by atoms with E-state index in [0.29, 0.717) is 12.2 Å². The molecule has 0 unspecified atom stereocenters. The summed E-state index contributed by atoms with van der Waals surface area (Å²) in [5.74, 6) is 1.51. The van der Waals surface area contributed by atoms with Gasteiger partial charge in [-0.3, -0.25) is 9.10 Å². The van der Waals surface area contributed by atoms with E-state index < -0.39 is 10.0 Å². The van der Waals surface area contributed by atoms with Gasteiger partial charge in [0.05, 0.1) is 10.6 Å². The van der Waals surface area contributed by atoms with Crippen molar-refractivity contribution in [1.82, 2.24) is 5.32 Å². The van der Waals surface area contributed by atoms with E-state index >= 15 is 0 Å². The Hall–Kier alpha value is -2.29. The molecule has 0 aliphatic carbocycles. The van der Waals surface area contributed by atoms with Gasteiger partial charge in [0, 0.05) is 16.8 Å². The Morgan fingerprint density at radius 3 is 2.41 bits per heavy atom. The third-order valence-electron chi connectivity index (χ3n) is 5.13. The van der Waals surface area contributed by atoms with Crippen LogP contribution in [0.4, 0.5) is 5.69 Å². The number of anilines is 1. The average molecular weight is 562 g/mol. The first-order valence-electron chi connectivity index (χ1n) is 11.0. The number of halogens is 1. The summed E-state index contributed by atoms with van der Waals surface area (Å²) in [6, 6.07) is 22.0. The molecule has 1 N–H and O–H groups in total. The number of nitrogens with one attached hydrogen (secondary N) is 1. The van der Waals surface area contributed by atoms with E-state index in [0.717, 1.165) is 32.3 Å². The van der Waals surface area contributed by atoms with Gasteiger partial charge in [-0.05, 0) is 61.9 Å². The van der Waals surface area contributed by atoms with Crippen molar-refractivity contribution in [2.45, 2.75) is 30.9 Å². The van der Waals surface area contributed by atoms with Crippen LogP contribution in [0.25, 0.3) is 0 Å². The predicted octanol–water partition coefficient (Wildman–Crippen LogP) is 5.70. The number of sulfonamides is 1. The van der Waals surface area contributed by atoms with E-state index in [2.05, 4.69) is 52.4 Å². The first-order valence-corrected chi connectivity index (χ1v) is 14.4. The average Bonchev–Trinajstić information content (AvgIpc) is 2.80. The fourth-order valence-corrected chi connectivity index (χ4v) is 6.07. The maximum absolute atomic E-state index is 13.4. The topological polar surface area (TPSA) is 66.5 Å². The summed E-state index contributed by atoms with van der Waals surface area (Å²) in [5.41, 5.74) is 3.94. The van der Waals surface area contributed by atoms with Crippen LogP contribution in [-0.2, 0) is 20.6 Å². The number of nitrogens with zero attached hydrogens (tertiary/aromatic N) is 1. The molecule has 0 aromatic heterocycles. The molecule has 0 atom stereocenters. The Bertz CT molecular complexity index is 1210. The fourth-order valence-electron chi connectivity index (χ4n) is 3.36. The molecule has 0 saturated carbocycles. The smallest absolute Gasteiger partial charge is 0.264 e. The molecule has 0 bridgehead atoms. The van der Waals surface area contributed by atoms with Crippen molar-refractivity contribution in [3.63, 3.8) is 0 Å². The fraction of sp³-hybridized carbons (Fsp3) is 0.269. The molecular formula is C26H29BrN2O3S2. The molecule has 5 nitrogen and oxygen atoms in total. The summed E-state index contributed by atoms with van der Waals surface area (Å²) < 4.78 is 28.7. The van der Waals surface area contributed by atoms with Crippen molar-refractivity contribution in [1.29, 1.82) is 0 Å². The lowest BCUT2D eigenvalue weighted by Gasteiger charge is -2.24. The summed E-state index contributed by atoms with van der Waals surface area (Å²) in [6.07, 6.45) is 0.809. The van der Waals surface area contributed by atoms with Crippen molar-refractivity contribution in [3.8, 4) is 0 Å². The minimum atomic E-state index is -3.91. The third kappa shape index (κ3) is 7.61.